The van der Waals surface area contributed by atoms with Crippen LogP contribution in [-0.4, -0.2) is 20.9 Å². The van der Waals surface area contributed by atoms with Gasteiger partial charge in [0.1, 0.15) is 17.7 Å². The van der Waals surface area contributed by atoms with Crippen LogP contribution >= 0.6 is 23.2 Å². The zero-order chi connectivity index (χ0) is 25.4. The number of aryl methyl sites for hydroxylation is 1. The number of carbonyl (C=O) groups excluding carboxylic acids is 1. The Bertz CT molecular complexity index is 1690. The van der Waals surface area contributed by atoms with Gasteiger partial charge in [-0.2, -0.15) is 0 Å². The van der Waals surface area contributed by atoms with Crippen molar-refractivity contribution in [1.29, 1.82) is 0 Å². The van der Waals surface area contributed by atoms with Gasteiger partial charge in [-0.3, -0.25) is 9.10 Å². The topological polar surface area (TPSA) is 79.6 Å². The Kier molecular flexibility index (Phi) is 6.38. The number of furan rings is 1. The Balaban J connectivity index is 1.47. The van der Waals surface area contributed by atoms with E-state index in [1.807, 2.05) is 37.3 Å². The van der Waals surface area contributed by atoms with Crippen molar-refractivity contribution in [3.05, 3.63) is 101 Å². The fraction of sp³-hybridized carbons (Fsp3) is 0.0741. The number of fused-ring (bicyclic) bond motifs is 3. The fourth-order valence-corrected chi connectivity index (χ4v) is 5.89. The molecule has 182 valence electrons. The van der Waals surface area contributed by atoms with Gasteiger partial charge in [0.25, 0.3) is 10.0 Å². The van der Waals surface area contributed by atoms with Crippen molar-refractivity contribution in [3.63, 3.8) is 0 Å². The fourth-order valence-electron chi connectivity index (χ4n) is 3.97. The first-order chi connectivity index (χ1) is 17.2. The summed E-state index contributed by atoms with van der Waals surface area (Å²) in [5.41, 5.74) is 2.91. The molecule has 1 aromatic heterocycles. The van der Waals surface area contributed by atoms with E-state index in [0.29, 0.717) is 11.3 Å². The molecule has 0 saturated heterocycles. The van der Waals surface area contributed by atoms with E-state index in [0.717, 1.165) is 26.2 Å². The minimum absolute atomic E-state index is 0.0423. The van der Waals surface area contributed by atoms with Gasteiger partial charge in [0.2, 0.25) is 5.91 Å². The maximum Gasteiger partial charge on any atom is 0.264 e. The number of halogens is 2. The van der Waals surface area contributed by atoms with Gasteiger partial charge in [0.15, 0.2) is 0 Å². The average molecular weight is 539 g/mol. The van der Waals surface area contributed by atoms with E-state index < -0.39 is 22.5 Å². The molecule has 6 nitrogen and oxygen atoms in total. The summed E-state index contributed by atoms with van der Waals surface area (Å²) in [5, 5.41) is 5.15. The van der Waals surface area contributed by atoms with E-state index in [2.05, 4.69) is 5.32 Å². The highest BCUT2D eigenvalue weighted by molar-refractivity contribution is 7.92. The van der Waals surface area contributed by atoms with Crippen molar-refractivity contribution < 1.29 is 17.6 Å². The Morgan fingerprint density at radius 2 is 1.53 bits per heavy atom. The third-order valence-corrected chi connectivity index (χ3v) is 7.92. The number of sulfonamides is 1. The van der Waals surface area contributed by atoms with E-state index in [1.165, 1.54) is 30.3 Å². The third kappa shape index (κ3) is 4.78. The number of hydrogen-bond donors (Lipinski definition) is 1. The molecule has 5 rings (SSSR count). The van der Waals surface area contributed by atoms with Gasteiger partial charge in [0.05, 0.1) is 10.6 Å². The quantitative estimate of drug-likeness (QED) is 0.251. The molecule has 0 bridgehead atoms. The van der Waals surface area contributed by atoms with Crippen LogP contribution in [0, 0.1) is 6.92 Å². The van der Waals surface area contributed by atoms with Crippen molar-refractivity contribution in [2.75, 3.05) is 16.2 Å². The summed E-state index contributed by atoms with van der Waals surface area (Å²) in [6, 6.07) is 23.7. The highest BCUT2D eigenvalue weighted by Gasteiger charge is 2.28. The highest BCUT2D eigenvalue weighted by atomic mass is 35.5. The number of amides is 1. The SMILES string of the molecule is Cc1ccc(S(=O)(=O)N(CC(=O)Nc2ccc3c(c2)oc2ccccc23)c2cc(Cl)cc(Cl)c2)cc1. The summed E-state index contributed by atoms with van der Waals surface area (Å²) >= 11 is 12.3. The summed E-state index contributed by atoms with van der Waals surface area (Å²) in [5.74, 6) is -0.544. The van der Waals surface area contributed by atoms with Crippen molar-refractivity contribution in [2.45, 2.75) is 11.8 Å². The van der Waals surface area contributed by atoms with Crippen LogP contribution < -0.4 is 9.62 Å². The third-order valence-electron chi connectivity index (χ3n) is 5.69. The van der Waals surface area contributed by atoms with Gasteiger partial charge < -0.3 is 9.73 Å². The lowest BCUT2D eigenvalue weighted by Crippen LogP contribution is -2.38. The van der Waals surface area contributed by atoms with E-state index in [9.17, 15) is 13.2 Å². The van der Waals surface area contributed by atoms with E-state index >= 15 is 0 Å². The summed E-state index contributed by atoms with van der Waals surface area (Å²) < 4.78 is 34.0. The Labute approximate surface area is 218 Å². The molecule has 0 aliphatic heterocycles. The Hall–Kier alpha value is -3.52. The maximum absolute atomic E-state index is 13.6. The first-order valence-electron chi connectivity index (χ1n) is 11.0. The lowest BCUT2D eigenvalue weighted by molar-refractivity contribution is -0.114. The second-order valence-corrected chi connectivity index (χ2v) is 11.0. The number of anilines is 2. The monoisotopic (exact) mass is 538 g/mol. The van der Waals surface area contributed by atoms with Gasteiger partial charge in [0, 0.05) is 32.6 Å². The lowest BCUT2D eigenvalue weighted by atomic mass is 10.1. The van der Waals surface area contributed by atoms with Crippen LogP contribution in [0.3, 0.4) is 0 Å². The zero-order valence-corrected chi connectivity index (χ0v) is 21.4. The Morgan fingerprint density at radius 3 is 2.25 bits per heavy atom. The van der Waals surface area contributed by atoms with Crippen LogP contribution in [0.4, 0.5) is 11.4 Å². The second-order valence-electron chi connectivity index (χ2n) is 8.31. The number of carbonyl (C=O) groups is 1. The van der Waals surface area contributed by atoms with Crippen molar-refractivity contribution in [3.8, 4) is 0 Å². The zero-order valence-electron chi connectivity index (χ0n) is 19.0. The highest BCUT2D eigenvalue weighted by Crippen LogP contribution is 2.32. The molecule has 1 N–H and O–H groups in total. The molecule has 9 heteroatoms. The van der Waals surface area contributed by atoms with Crippen molar-refractivity contribution in [1.82, 2.24) is 0 Å². The van der Waals surface area contributed by atoms with Gasteiger partial charge in [-0.25, -0.2) is 8.42 Å². The number of nitrogens with one attached hydrogen (secondary N) is 1. The first kappa shape index (κ1) is 24.2. The molecule has 36 heavy (non-hydrogen) atoms. The first-order valence-corrected chi connectivity index (χ1v) is 13.2. The van der Waals surface area contributed by atoms with Crippen LogP contribution in [0.1, 0.15) is 5.56 Å². The van der Waals surface area contributed by atoms with Crippen LogP contribution in [0.15, 0.2) is 94.2 Å². The predicted octanol–water partition coefficient (Wildman–Crippen LogP) is 7.04. The molecular formula is C27H20Cl2N2O4S. The second kappa shape index (κ2) is 9.50. The molecule has 0 fully saturated rings. The van der Waals surface area contributed by atoms with Crippen LogP contribution in [0.5, 0.6) is 0 Å². The average Bonchev–Trinajstić information content (AvgIpc) is 3.20. The van der Waals surface area contributed by atoms with Crippen LogP contribution in [0.2, 0.25) is 10.0 Å². The van der Waals surface area contributed by atoms with Gasteiger partial charge in [-0.05, 0) is 55.5 Å². The van der Waals surface area contributed by atoms with E-state index in [4.69, 9.17) is 27.6 Å². The number of rotatable bonds is 6. The van der Waals surface area contributed by atoms with E-state index in [1.54, 1.807) is 24.3 Å². The molecule has 0 radical (unpaired) electrons. The predicted molar refractivity (Wildman–Crippen MR) is 145 cm³/mol. The Morgan fingerprint density at radius 1 is 0.861 bits per heavy atom. The molecule has 0 aliphatic carbocycles. The molecule has 5 aromatic rings. The van der Waals surface area contributed by atoms with Crippen molar-refractivity contribution >= 4 is 72.4 Å². The summed E-state index contributed by atoms with van der Waals surface area (Å²) in [7, 11) is -4.11. The number of benzene rings is 4. The maximum atomic E-state index is 13.6. The summed E-state index contributed by atoms with van der Waals surface area (Å²) in [4.78, 5) is 13.1. The summed E-state index contributed by atoms with van der Waals surface area (Å²) in [6.07, 6.45) is 0. The van der Waals surface area contributed by atoms with Crippen LogP contribution in [-0.2, 0) is 14.8 Å². The van der Waals surface area contributed by atoms with Gasteiger partial charge in [-0.1, -0.05) is 59.1 Å². The lowest BCUT2D eigenvalue weighted by Gasteiger charge is -2.24. The minimum atomic E-state index is -4.11. The molecule has 4 aromatic carbocycles. The summed E-state index contributed by atoms with van der Waals surface area (Å²) in [6.45, 7) is 1.36. The molecule has 0 atom stereocenters. The van der Waals surface area contributed by atoms with Crippen LogP contribution in [0.25, 0.3) is 21.9 Å². The molecule has 0 saturated carbocycles. The largest absolute Gasteiger partial charge is 0.456 e. The standard InChI is InChI=1S/C27H20Cl2N2O4S/c1-17-6-9-22(10-7-17)36(33,34)31(21-13-18(28)12-19(29)14-21)16-27(32)30-20-8-11-24-23-4-2-3-5-25(23)35-26(24)15-20/h2-15H,16H2,1H3,(H,30,32). The molecule has 1 heterocycles. The number of para-hydroxylation sites is 1. The molecule has 0 spiro atoms. The minimum Gasteiger partial charge on any atom is -0.456 e. The van der Waals surface area contributed by atoms with Gasteiger partial charge >= 0.3 is 0 Å². The smallest absolute Gasteiger partial charge is 0.264 e. The normalized spacial score (nSPS) is 11.6. The molecule has 0 aliphatic rings. The molecule has 1 amide bonds. The molecule has 0 unspecified atom stereocenters. The van der Waals surface area contributed by atoms with Crippen molar-refractivity contribution in [2.24, 2.45) is 0 Å². The number of hydrogen-bond acceptors (Lipinski definition) is 4. The van der Waals surface area contributed by atoms with Gasteiger partial charge in [-0.15, -0.1) is 0 Å². The van der Waals surface area contributed by atoms with E-state index in [-0.39, 0.29) is 20.6 Å². The molecular weight excluding hydrogens is 519 g/mol. The number of nitrogens with zero attached hydrogens (tertiary/aromatic N) is 1.